The molecule has 0 aromatic rings. The van der Waals surface area contributed by atoms with E-state index in [1.165, 1.54) is 11.6 Å². The van der Waals surface area contributed by atoms with E-state index < -0.39 is 56.5 Å². The van der Waals surface area contributed by atoms with Crippen LogP contribution in [0.3, 0.4) is 0 Å². The maximum Gasteiger partial charge on any atom is 0.376 e. The Kier molecular flexibility index (Phi) is 14.6. The molecule has 6 N–H and O–H groups in total. The summed E-state index contributed by atoms with van der Waals surface area (Å²) >= 11 is 0. The van der Waals surface area contributed by atoms with Crippen molar-refractivity contribution in [1.29, 1.82) is 0 Å². The van der Waals surface area contributed by atoms with Crippen LogP contribution in [-0.2, 0) is 14.4 Å². The third kappa shape index (κ3) is 9.11. The number of alkyl halides is 1. The van der Waals surface area contributed by atoms with Crippen LogP contribution in [0, 0.1) is 11.8 Å². The number of amides is 1. The van der Waals surface area contributed by atoms with Crippen molar-refractivity contribution in [3.05, 3.63) is 0 Å². The maximum absolute atomic E-state index is 12.0. The van der Waals surface area contributed by atoms with Gasteiger partial charge in [0.1, 0.15) is 0 Å². The van der Waals surface area contributed by atoms with Gasteiger partial charge in [-0.3, -0.25) is 14.4 Å². The monoisotopic (exact) mass is 450 g/mol. The number of rotatable bonds is 7. The highest BCUT2D eigenvalue weighted by molar-refractivity contribution is 6.45. The third-order valence-electron chi connectivity index (χ3n) is 5.23. The molecule has 0 spiro atoms. The van der Waals surface area contributed by atoms with Crippen LogP contribution in [0.15, 0.2) is 0 Å². The first kappa shape index (κ1) is 31.5. The average molecular weight is 450 g/mol. The van der Waals surface area contributed by atoms with Crippen LogP contribution < -0.4 is 10.6 Å². The quantitative estimate of drug-likeness (QED) is 0.253. The summed E-state index contributed by atoms with van der Waals surface area (Å²) in [5.41, 5.74) is 0. The van der Waals surface area contributed by atoms with E-state index in [0.717, 1.165) is 0 Å². The van der Waals surface area contributed by atoms with Crippen LogP contribution in [-0.4, -0.2) is 114 Å². The van der Waals surface area contributed by atoms with Gasteiger partial charge in [0.25, 0.3) is 5.91 Å². The minimum absolute atomic E-state index is 0. The van der Waals surface area contributed by atoms with Gasteiger partial charge in [0.05, 0.1) is 17.9 Å². The van der Waals surface area contributed by atoms with E-state index in [0.29, 0.717) is 13.1 Å². The molecule has 0 aliphatic carbocycles. The van der Waals surface area contributed by atoms with Crippen molar-refractivity contribution in [3.8, 4) is 0 Å². The highest BCUT2D eigenvalue weighted by atomic mass is 19.1. The number of hydrogen-bond acceptors (Lipinski definition) is 8. The molecule has 0 aromatic carbocycles. The molecule has 0 saturated carbocycles. The first-order chi connectivity index (χ1) is 13.5. The molecule has 0 unspecified atom stereocenters. The highest BCUT2D eigenvalue weighted by Crippen LogP contribution is 2.18. The Morgan fingerprint density at radius 3 is 1.58 bits per heavy atom. The summed E-state index contributed by atoms with van der Waals surface area (Å²) in [6, 6.07) is -0.720. The lowest BCUT2D eigenvalue weighted by atomic mass is 9.86. The lowest BCUT2D eigenvalue weighted by molar-refractivity contribution is -0.143. The molecule has 0 radical (unpaired) electrons. The van der Waals surface area contributed by atoms with Crippen molar-refractivity contribution in [2.75, 3.05) is 39.9 Å². The molecule has 11 nitrogen and oxygen atoms in total. The number of carboxylic acids is 2. The van der Waals surface area contributed by atoms with Gasteiger partial charge in [-0.15, -0.1) is 0 Å². The van der Waals surface area contributed by atoms with Gasteiger partial charge in [-0.2, -0.15) is 0 Å². The lowest BCUT2D eigenvalue weighted by Crippen LogP contribution is -2.44. The fraction of sp³-hybridized carbons (Fsp3) is 0.824. The summed E-state index contributed by atoms with van der Waals surface area (Å²) in [4.78, 5) is 35.8. The Hall–Kier alpha value is -1.73. The predicted molar refractivity (Wildman–Crippen MR) is 117 cm³/mol. The SMILES string of the molecule is C.C.CB(O)N1C[C@@H](NC(=O)CF)[C@H](C(=O)O)C1.CN[C@@H]1CN(B(C)O)C[C@H]1C(=O)O. The number of carbonyl (C=O) groups excluding carboxylic acids is 1. The normalized spacial score (nSPS) is 25.4. The van der Waals surface area contributed by atoms with E-state index in [2.05, 4.69) is 10.6 Å². The summed E-state index contributed by atoms with van der Waals surface area (Å²) in [5, 5.41) is 41.6. The Bertz CT molecular complexity index is 589. The van der Waals surface area contributed by atoms with Gasteiger partial charge in [-0.05, 0) is 20.7 Å². The Labute approximate surface area is 184 Å². The number of halogens is 1. The van der Waals surface area contributed by atoms with Crippen molar-refractivity contribution >= 4 is 31.9 Å². The first-order valence-corrected chi connectivity index (χ1v) is 9.34. The standard InChI is InChI=1S/C8H14BFN2O4.C7H15BN2O3.2CH4/c1-9(16)12-3-5(8(14)15)6(4-12)11-7(13)2-10;1-8(13)10-3-5(7(11)12)6(4-10)9-2;;/h5-6,16H,2-4H2,1H3,(H,11,13)(H,14,15);5-6,9,13H,3-4H2,1-2H3,(H,11,12);2*1H4/t2*5-,6-;;/m11../s1. The van der Waals surface area contributed by atoms with E-state index in [1.54, 1.807) is 18.7 Å². The van der Waals surface area contributed by atoms with E-state index in [4.69, 9.17) is 10.2 Å². The molecular formula is C17H37B2FN4O7. The van der Waals surface area contributed by atoms with Crippen LogP contribution >= 0.6 is 0 Å². The lowest BCUT2D eigenvalue weighted by Gasteiger charge is -2.16. The summed E-state index contributed by atoms with van der Waals surface area (Å²) in [7, 11) is 0.390. The molecule has 180 valence electrons. The second kappa shape index (κ2) is 14.4. The second-order valence-corrected chi connectivity index (χ2v) is 7.26. The summed E-state index contributed by atoms with van der Waals surface area (Å²) in [5.74, 6) is -3.93. The van der Waals surface area contributed by atoms with Gasteiger partial charge < -0.3 is 40.5 Å². The zero-order valence-corrected chi connectivity index (χ0v) is 16.8. The number of hydrogen-bond donors (Lipinski definition) is 6. The summed E-state index contributed by atoms with van der Waals surface area (Å²) in [6.45, 7) is 3.35. The number of nitrogens with zero attached hydrogens (tertiary/aromatic N) is 2. The van der Waals surface area contributed by atoms with Gasteiger partial charge in [0.15, 0.2) is 6.67 Å². The van der Waals surface area contributed by atoms with E-state index >= 15 is 0 Å². The van der Waals surface area contributed by atoms with Crippen molar-refractivity contribution in [3.63, 3.8) is 0 Å². The topological polar surface area (TPSA) is 163 Å². The fourth-order valence-corrected chi connectivity index (χ4v) is 3.46. The number of carbonyl (C=O) groups is 3. The number of likely N-dealkylation sites (N-methyl/N-ethyl adjacent to an activating group) is 1. The third-order valence-corrected chi connectivity index (χ3v) is 5.23. The van der Waals surface area contributed by atoms with Crippen molar-refractivity contribution in [2.45, 2.75) is 40.6 Å². The Morgan fingerprint density at radius 1 is 0.903 bits per heavy atom. The average Bonchev–Trinajstić information content (AvgIpc) is 3.26. The van der Waals surface area contributed by atoms with Gasteiger partial charge in [-0.1, -0.05) is 14.9 Å². The van der Waals surface area contributed by atoms with Crippen molar-refractivity contribution in [2.24, 2.45) is 11.8 Å². The van der Waals surface area contributed by atoms with E-state index in [9.17, 15) is 28.8 Å². The van der Waals surface area contributed by atoms with E-state index in [1.807, 2.05) is 0 Å². The number of carboxylic acid groups (broad SMARTS) is 2. The molecule has 1 amide bonds. The van der Waals surface area contributed by atoms with Crippen LogP contribution in [0.5, 0.6) is 0 Å². The minimum atomic E-state index is -1.17. The molecule has 2 aliphatic rings. The van der Waals surface area contributed by atoms with Gasteiger partial charge in [0, 0.05) is 32.2 Å². The molecule has 2 saturated heterocycles. The van der Waals surface area contributed by atoms with Crippen molar-refractivity contribution in [1.82, 2.24) is 20.3 Å². The van der Waals surface area contributed by atoms with E-state index in [-0.39, 0.29) is 34.0 Å². The zero-order valence-electron chi connectivity index (χ0n) is 16.8. The molecule has 4 atom stereocenters. The molecule has 2 rings (SSSR count). The fourth-order valence-electron chi connectivity index (χ4n) is 3.46. The van der Waals surface area contributed by atoms with Gasteiger partial charge in [0.2, 0.25) is 0 Å². The van der Waals surface area contributed by atoms with Crippen LogP contribution in [0.2, 0.25) is 13.6 Å². The molecule has 31 heavy (non-hydrogen) atoms. The molecule has 2 heterocycles. The smallest absolute Gasteiger partial charge is 0.376 e. The first-order valence-electron chi connectivity index (χ1n) is 9.34. The van der Waals surface area contributed by atoms with Crippen LogP contribution in [0.25, 0.3) is 0 Å². The molecule has 0 aromatic heterocycles. The van der Waals surface area contributed by atoms with Crippen LogP contribution in [0.1, 0.15) is 14.9 Å². The number of aliphatic carboxylic acids is 2. The molecule has 2 aliphatic heterocycles. The molecule has 2 fully saturated rings. The zero-order chi connectivity index (χ0) is 22.3. The minimum Gasteiger partial charge on any atom is -0.481 e. The van der Waals surface area contributed by atoms with Crippen LogP contribution in [0.4, 0.5) is 4.39 Å². The Morgan fingerprint density at radius 2 is 1.29 bits per heavy atom. The second-order valence-electron chi connectivity index (χ2n) is 7.26. The Balaban J connectivity index is 0. The summed E-state index contributed by atoms with van der Waals surface area (Å²) < 4.78 is 12.0. The largest absolute Gasteiger partial charge is 0.481 e. The molecular weight excluding hydrogens is 413 g/mol. The predicted octanol–water partition coefficient (Wildman–Crippen LogP) is -1.46. The highest BCUT2D eigenvalue weighted by Gasteiger charge is 2.41. The maximum atomic E-state index is 12.0. The molecule has 0 bridgehead atoms. The number of nitrogens with one attached hydrogen (secondary N) is 2. The van der Waals surface area contributed by atoms with Gasteiger partial charge in [-0.25, -0.2) is 4.39 Å². The summed E-state index contributed by atoms with van der Waals surface area (Å²) in [6.07, 6.45) is 0. The van der Waals surface area contributed by atoms with Crippen molar-refractivity contribution < 1.29 is 39.0 Å². The molecule has 14 heteroatoms. The van der Waals surface area contributed by atoms with Gasteiger partial charge >= 0.3 is 26.0 Å².